The lowest BCUT2D eigenvalue weighted by Gasteiger charge is -2.41. The van der Waals surface area contributed by atoms with Gasteiger partial charge in [-0.1, -0.05) is 6.92 Å². The first kappa shape index (κ1) is 13.8. The number of hydrogen-bond acceptors (Lipinski definition) is 4. The molecule has 0 aromatic heterocycles. The van der Waals surface area contributed by atoms with Crippen LogP contribution in [-0.2, 0) is 9.47 Å². The van der Waals surface area contributed by atoms with Gasteiger partial charge in [0.15, 0.2) is 5.79 Å². The molecular weight excluding hydrogens is 240 g/mol. The first-order valence-corrected chi connectivity index (χ1v) is 7.89. The summed E-state index contributed by atoms with van der Waals surface area (Å²) in [5, 5.41) is 3.90. The van der Waals surface area contributed by atoms with E-state index in [9.17, 15) is 0 Å². The Morgan fingerprint density at radius 1 is 1.11 bits per heavy atom. The van der Waals surface area contributed by atoms with Crippen LogP contribution in [0.25, 0.3) is 0 Å². The highest BCUT2D eigenvalue weighted by Gasteiger charge is 2.40. The maximum Gasteiger partial charge on any atom is 0.168 e. The minimum absolute atomic E-state index is 0.212. The van der Waals surface area contributed by atoms with Crippen molar-refractivity contribution in [2.75, 3.05) is 33.4 Å². The zero-order valence-electron chi connectivity index (χ0n) is 12.4. The zero-order valence-corrected chi connectivity index (χ0v) is 12.4. The summed E-state index contributed by atoms with van der Waals surface area (Å²) in [6.07, 6.45) is 5.79. The van der Waals surface area contributed by atoms with Crippen molar-refractivity contribution in [3.8, 4) is 0 Å². The Balaban J connectivity index is 1.47. The molecule has 0 aromatic carbocycles. The van der Waals surface area contributed by atoms with Crippen LogP contribution in [0.1, 0.15) is 39.0 Å². The Kier molecular flexibility index (Phi) is 4.13. The van der Waals surface area contributed by atoms with Gasteiger partial charge in [-0.05, 0) is 38.8 Å². The molecule has 3 rings (SSSR count). The van der Waals surface area contributed by atoms with Crippen molar-refractivity contribution < 1.29 is 9.47 Å². The molecule has 0 aromatic rings. The molecule has 2 saturated heterocycles. The Morgan fingerprint density at radius 2 is 1.79 bits per heavy atom. The fourth-order valence-electron chi connectivity index (χ4n) is 3.91. The highest BCUT2D eigenvalue weighted by molar-refractivity contribution is 4.89. The van der Waals surface area contributed by atoms with E-state index in [-0.39, 0.29) is 5.79 Å². The van der Waals surface area contributed by atoms with Crippen molar-refractivity contribution in [1.29, 1.82) is 0 Å². The number of ether oxygens (including phenoxy) is 2. The highest BCUT2D eigenvalue weighted by atomic mass is 16.7. The van der Waals surface area contributed by atoms with Crippen molar-refractivity contribution in [2.45, 2.75) is 56.9 Å². The van der Waals surface area contributed by atoms with Gasteiger partial charge in [0.1, 0.15) is 0 Å². The molecule has 1 aliphatic carbocycles. The molecule has 2 atom stereocenters. The van der Waals surface area contributed by atoms with Crippen LogP contribution in [0.4, 0.5) is 0 Å². The quantitative estimate of drug-likeness (QED) is 0.825. The third-order valence-electron chi connectivity index (χ3n) is 5.12. The van der Waals surface area contributed by atoms with E-state index in [0.29, 0.717) is 12.1 Å². The van der Waals surface area contributed by atoms with E-state index in [4.69, 9.17) is 9.47 Å². The molecule has 1 spiro atoms. The lowest BCUT2D eigenvalue weighted by atomic mass is 9.87. The lowest BCUT2D eigenvalue weighted by Crippen LogP contribution is -2.52. The van der Waals surface area contributed by atoms with Crippen LogP contribution in [0.2, 0.25) is 0 Å². The van der Waals surface area contributed by atoms with E-state index >= 15 is 0 Å². The summed E-state index contributed by atoms with van der Waals surface area (Å²) in [5.41, 5.74) is 0. The molecule has 0 bridgehead atoms. The Bertz CT molecular complexity index is 295. The first-order valence-electron chi connectivity index (χ1n) is 7.89. The molecule has 1 N–H and O–H groups in total. The summed E-state index contributed by atoms with van der Waals surface area (Å²) >= 11 is 0. The molecular formula is C15H28N2O2. The van der Waals surface area contributed by atoms with Crippen LogP contribution in [0.5, 0.6) is 0 Å². The standard InChI is InChI=1S/C15H28N2O2/c1-12-11-17(2)8-5-14(12)16-13-3-6-15(7-4-13)18-9-10-19-15/h12-14,16H,3-11H2,1-2H3. The fourth-order valence-corrected chi connectivity index (χ4v) is 3.91. The average molecular weight is 268 g/mol. The molecule has 2 aliphatic heterocycles. The number of likely N-dealkylation sites (tertiary alicyclic amines) is 1. The fraction of sp³-hybridized carbons (Fsp3) is 1.00. The summed E-state index contributed by atoms with van der Waals surface area (Å²) in [5.74, 6) is 0.546. The maximum atomic E-state index is 5.80. The zero-order chi connectivity index (χ0) is 13.3. The van der Waals surface area contributed by atoms with Crippen LogP contribution in [0.3, 0.4) is 0 Å². The molecule has 0 amide bonds. The summed E-state index contributed by atoms with van der Waals surface area (Å²) < 4.78 is 11.6. The SMILES string of the molecule is CC1CN(C)CCC1NC1CCC2(CC1)OCCO2. The van der Waals surface area contributed by atoms with E-state index < -0.39 is 0 Å². The topological polar surface area (TPSA) is 33.7 Å². The molecule has 2 unspecified atom stereocenters. The minimum atomic E-state index is -0.212. The van der Waals surface area contributed by atoms with E-state index in [2.05, 4.69) is 24.2 Å². The van der Waals surface area contributed by atoms with Gasteiger partial charge >= 0.3 is 0 Å². The number of hydrogen-bond donors (Lipinski definition) is 1. The van der Waals surface area contributed by atoms with E-state index in [1.165, 1.54) is 32.4 Å². The van der Waals surface area contributed by atoms with Gasteiger partial charge < -0.3 is 19.7 Å². The van der Waals surface area contributed by atoms with Crippen molar-refractivity contribution in [2.24, 2.45) is 5.92 Å². The summed E-state index contributed by atoms with van der Waals surface area (Å²) in [4.78, 5) is 2.44. The molecule has 4 heteroatoms. The van der Waals surface area contributed by atoms with Crippen LogP contribution < -0.4 is 5.32 Å². The van der Waals surface area contributed by atoms with Gasteiger partial charge in [0.05, 0.1) is 13.2 Å². The van der Waals surface area contributed by atoms with Crippen LogP contribution in [-0.4, -0.2) is 56.1 Å². The van der Waals surface area contributed by atoms with Crippen molar-refractivity contribution >= 4 is 0 Å². The smallest absolute Gasteiger partial charge is 0.168 e. The van der Waals surface area contributed by atoms with Gasteiger partial charge in [-0.3, -0.25) is 0 Å². The highest BCUT2D eigenvalue weighted by Crippen LogP contribution is 2.36. The van der Waals surface area contributed by atoms with Crippen LogP contribution >= 0.6 is 0 Å². The van der Waals surface area contributed by atoms with Crippen LogP contribution in [0, 0.1) is 5.92 Å². The normalized spacial score (nSPS) is 36.9. The molecule has 1 saturated carbocycles. The number of rotatable bonds is 2. The Hall–Kier alpha value is -0.160. The molecule has 4 nitrogen and oxygen atoms in total. The van der Waals surface area contributed by atoms with E-state index in [0.717, 1.165) is 32.0 Å². The van der Waals surface area contributed by atoms with E-state index in [1.807, 2.05) is 0 Å². The number of piperidine rings is 1. The summed E-state index contributed by atoms with van der Waals surface area (Å²) in [6.45, 7) is 6.39. The minimum Gasteiger partial charge on any atom is -0.348 e. The number of nitrogens with one attached hydrogen (secondary N) is 1. The number of nitrogens with zero attached hydrogens (tertiary/aromatic N) is 1. The van der Waals surface area contributed by atoms with Crippen molar-refractivity contribution in [3.05, 3.63) is 0 Å². The van der Waals surface area contributed by atoms with Gasteiger partial charge in [0.25, 0.3) is 0 Å². The Morgan fingerprint density at radius 3 is 2.42 bits per heavy atom. The second-order valence-corrected chi connectivity index (χ2v) is 6.68. The molecule has 2 heterocycles. The van der Waals surface area contributed by atoms with Gasteiger partial charge in [0, 0.05) is 31.5 Å². The van der Waals surface area contributed by atoms with Crippen LogP contribution in [0.15, 0.2) is 0 Å². The second-order valence-electron chi connectivity index (χ2n) is 6.68. The molecule has 19 heavy (non-hydrogen) atoms. The lowest BCUT2D eigenvalue weighted by molar-refractivity contribution is -0.180. The molecule has 3 aliphatic rings. The predicted molar refractivity (Wildman–Crippen MR) is 75.1 cm³/mol. The third kappa shape index (κ3) is 3.13. The van der Waals surface area contributed by atoms with Gasteiger partial charge in [0.2, 0.25) is 0 Å². The third-order valence-corrected chi connectivity index (χ3v) is 5.12. The van der Waals surface area contributed by atoms with Crippen molar-refractivity contribution in [3.63, 3.8) is 0 Å². The summed E-state index contributed by atoms with van der Waals surface area (Å²) in [6, 6.07) is 1.36. The van der Waals surface area contributed by atoms with Gasteiger partial charge in [-0.25, -0.2) is 0 Å². The first-order chi connectivity index (χ1) is 9.17. The monoisotopic (exact) mass is 268 g/mol. The summed E-state index contributed by atoms with van der Waals surface area (Å²) in [7, 11) is 2.23. The van der Waals surface area contributed by atoms with Gasteiger partial charge in [-0.15, -0.1) is 0 Å². The Labute approximate surface area is 116 Å². The van der Waals surface area contributed by atoms with E-state index in [1.54, 1.807) is 0 Å². The molecule has 0 radical (unpaired) electrons. The average Bonchev–Trinajstić information content (AvgIpc) is 2.84. The largest absolute Gasteiger partial charge is 0.348 e. The second kappa shape index (κ2) is 5.68. The van der Waals surface area contributed by atoms with Crippen molar-refractivity contribution in [1.82, 2.24) is 10.2 Å². The predicted octanol–water partition coefficient (Wildman–Crippen LogP) is 1.60. The molecule has 110 valence electrons. The molecule has 3 fully saturated rings. The van der Waals surface area contributed by atoms with Gasteiger partial charge in [-0.2, -0.15) is 0 Å². The maximum absolute atomic E-state index is 5.80.